The fraction of sp³-hybridized carbons (Fsp3) is 0.286. The molecule has 0 saturated carbocycles. The molecule has 27 heavy (non-hydrogen) atoms. The minimum atomic E-state index is 0.0219. The van der Waals surface area contributed by atoms with E-state index < -0.39 is 0 Å². The van der Waals surface area contributed by atoms with E-state index in [0.717, 1.165) is 11.3 Å². The van der Waals surface area contributed by atoms with Gasteiger partial charge in [-0.25, -0.2) is 0 Å². The molecular weight excluding hydrogens is 356 g/mol. The number of carbonyl (C=O) groups excluding carboxylic acids is 1. The Balaban J connectivity index is 1.65. The number of carbonyl (C=O) groups is 1. The van der Waals surface area contributed by atoms with Crippen LogP contribution in [0.5, 0.6) is 0 Å². The zero-order chi connectivity index (χ0) is 19.4. The smallest absolute Gasteiger partial charge is 0.233 e. The van der Waals surface area contributed by atoms with Crippen molar-refractivity contribution in [1.82, 2.24) is 19.7 Å². The Labute approximate surface area is 164 Å². The molecule has 6 heteroatoms. The molecular formula is C21H24N4OS. The third kappa shape index (κ3) is 4.57. The molecule has 2 aromatic carbocycles. The second kappa shape index (κ2) is 8.39. The van der Waals surface area contributed by atoms with Crippen molar-refractivity contribution in [2.75, 3.05) is 12.8 Å². The van der Waals surface area contributed by atoms with Crippen LogP contribution in [0.3, 0.4) is 0 Å². The summed E-state index contributed by atoms with van der Waals surface area (Å²) in [5.41, 5.74) is 4.53. The van der Waals surface area contributed by atoms with E-state index in [2.05, 4.69) is 48.3 Å². The number of aryl methyl sites for hydroxylation is 2. The Morgan fingerprint density at radius 3 is 2.30 bits per heavy atom. The fourth-order valence-corrected chi connectivity index (χ4v) is 3.57. The Morgan fingerprint density at radius 2 is 1.67 bits per heavy atom. The number of hydrogen-bond acceptors (Lipinski definition) is 4. The quantitative estimate of drug-likeness (QED) is 0.602. The molecule has 140 valence electrons. The highest BCUT2D eigenvalue weighted by Crippen LogP contribution is 2.23. The van der Waals surface area contributed by atoms with Crippen LogP contribution in [0.4, 0.5) is 0 Å². The molecule has 3 rings (SSSR count). The molecule has 0 saturated heterocycles. The Morgan fingerprint density at radius 1 is 1.07 bits per heavy atom. The van der Waals surface area contributed by atoms with Crippen LogP contribution >= 0.6 is 11.8 Å². The van der Waals surface area contributed by atoms with E-state index >= 15 is 0 Å². The summed E-state index contributed by atoms with van der Waals surface area (Å²) in [6.45, 7) is 6.15. The number of aromatic nitrogens is 3. The first kappa shape index (κ1) is 19.2. The third-order valence-electron chi connectivity index (χ3n) is 4.69. The summed E-state index contributed by atoms with van der Waals surface area (Å²) in [7, 11) is 1.85. The van der Waals surface area contributed by atoms with Crippen molar-refractivity contribution < 1.29 is 4.79 Å². The number of nitrogens with zero attached hydrogens (tertiary/aromatic N) is 4. The van der Waals surface area contributed by atoms with Crippen LogP contribution in [0.25, 0.3) is 5.69 Å². The molecule has 1 unspecified atom stereocenters. The van der Waals surface area contributed by atoms with Crippen molar-refractivity contribution in [2.45, 2.75) is 32.0 Å². The van der Waals surface area contributed by atoms with Gasteiger partial charge in [-0.2, -0.15) is 0 Å². The predicted molar refractivity (Wildman–Crippen MR) is 109 cm³/mol. The molecule has 0 aliphatic heterocycles. The second-order valence-corrected chi connectivity index (χ2v) is 7.64. The average Bonchev–Trinajstić information content (AvgIpc) is 3.14. The summed E-state index contributed by atoms with van der Waals surface area (Å²) >= 11 is 1.40. The molecule has 5 nitrogen and oxygen atoms in total. The summed E-state index contributed by atoms with van der Waals surface area (Å²) < 4.78 is 1.90. The third-order valence-corrected chi connectivity index (χ3v) is 5.62. The van der Waals surface area contributed by atoms with Crippen LogP contribution < -0.4 is 0 Å². The van der Waals surface area contributed by atoms with Crippen LogP contribution in [0, 0.1) is 13.8 Å². The number of thioether (sulfide) groups is 1. The predicted octanol–water partition coefficient (Wildman–Crippen LogP) is 4.20. The molecule has 0 spiro atoms. The molecule has 1 atom stereocenters. The van der Waals surface area contributed by atoms with Gasteiger partial charge in [-0.15, -0.1) is 10.2 Å². The van der Waals surface area contributed by atoms with Crippen molar-refractivity contribution in [3.8, 4) is 5.69 Å². The molecule has 0 aliphatic rings. The van der Waals surface area contributed by atoms with Crippen molar-refractivity contribution in [3.05, 3.63) is 71.5 Å². The van der Waals surface area contributed by atoms with Gasteiger partial charge in [-0.1, -0.05) is 59.3 Å². The topological polar surface area (TPSA) is 51.0 Å². The highest BCUT2D eigenvalue weighted by atomic mass is 32.2. The molecule has 0 aliphatic carbocycles. The molecule has 1 aromatic heterocycles. The van der Waals surface area contributed by atoms with Crippen molar-refractivity contribution in [2.24, 2.45) is 0 Å². The van der Waals surface area contributed by atoms with Gasteiger partial charge in [0.1, 0.15) is 6.33 Å². The van der Waals surface area contributed by atoms with Gasteiger partial charge in [-0.05, 0) is 38.5 Å². The molecule has 1 heterocycles. The minimum Gasteiger partial charge on any atom is -0.338 e. The van der Waals surface area contributed by atoms with Crippen molar-refractivity contribution in [1.29, 1.82) is 0 Å². The maximum absolute atomic E-state index is 12.7. The summed E-state index contributed by atoms with van der Waals surface area (Å²) in [5, 5.41) is 8.88. The lowest BCUT2D eigenvalue weighted by atomic mass is 10.1. The molecule has 3 aromatic rings. The monoisotopic (exact) mass is 380 g/mol. The molecule has 0 radical (unpaired) electrons. The van der Waals surface area contributed by atoms with Crippen molar-refractivity contribution in [3.63, 3.8) is 0 Å². The zero-order valence-corrected chi connectivity index (χ0v) is 16.9. The Hall–Kier alpha value is -2.60. The lowest BCUT2D eigenvalue weighted by Gasteiger charge is -2.25. The van der Waals surface area contributed by atoms with Gasteiger partial charge in [-0.3, -0.25) is 9.36 Å². The summed E-state index contributed by atoms with van der Waals surface area (Å²) in [6.07, 6.45) is 1.68. The average molecular weight is 381 g/mol. The van der Waals surface area contributed by atoms with Gasteiger partial charge in [0.25, 0.3) is 0 Å². The van der Waals surface area contributed by atoms with Gasteiger partial charge < -0.3 is 4.90 Å². The lowest BCUT2D eigenvalue weighted by molar-refractivity contribution is -0.128. The van der Waals surface area contributed by atoms with E-state index in [4.69, 9.17) is 0 Å². The van der Waals surface area contributed by atoms with Gasteiger partial charge in [0.15, 0.2) is 5.16 Å². The summed E-state index contributed by atoms with van der Waals surface area (Å²) in [5.74, 6) is 0.378. The zero-order valence-electron chi connectivity index (χ0n) is 16.1. The van der Waals surface area contributed by atoms with E-state index in [0.29, 0.717) is 10.9 Å². The number of amides is 1. The second-order valence-electron chi connectivity index (χ2n) is 6.70. The van der Waals surface area contributed by atoms with Crippen LogP contribution in [-0.2, 0) is 4.79 Å². The first-order chi connectivity index (χ1) is 13.0. The van der Waals surface area contributed by atoms with Crippen LogP contribution in [0.2, 0.25) is 0 Å². The Bertz CT molecular complexity index is 903. The van der Waals surface area contributed by atoms with E-state index in [1.165, 1.54) is 22.9 Å². The highest BCUT2D eigenvalue weighted by molar-refractivity contribution is 7.99. The number of rotatable bonds is 6. The molecule has 0 fully saturated rings. The first-order valence-corrected chi connectivity index (χ1v) is 9.86. The molecule has 1 amide bonds. The van der Waals surface area contributed by atoms with Crippen LogP contribution in [0.1, 0.15) is 29.7 Å². The standard InChI is InChI=1S/C21H24N4OS/c1-15-5-9-18(10-6-15)17(3)24(4)20(26)13-27-21-23-22-14-25(21)19-11-7-16(2)8-12-19/h5-12,14,17H,13H2,1-4H3. The van der Waals surface area contributed by atoms with Gasteiger partial charge >= 0.3 is 0 Å². The van der Waals surface area contributed by atoms with E-state index in [1.807, 2.05) is 42.8 Å². The minimum absolute atomic E-state index is 0.0219. The normalized spacial score (nSPS) is 12.0. The first-order valence-electron chi connectivity index (χ1n) is 8.88. The van der Waals surface area contributed by atoms with Gasteiger partial charge in [0.2, 0.25) is 5.91 Å². The Kier molecular flexibility index (Phi) is 5.96. The molecule has 0 N–H and O–H groups in total. The summed E-state index contributed by atoms with van der Waals surface area (Å²) in [6, 6.07) is 16.5. The van der Waals surface area contributed by atoms with Crippen LogP contribution in [-0.4, -0.2) is 38.4 Å². The van der Waals surface area contributed by atoms with Crippen LogP contribution in [0.15, 0.2) is 60.0 Å². The van der Waals surface area contributed by atoms with E-state index in [9.17, 15) is 4.79 Å². The number of benzene rings is 2. The maximum Gasteiger partial charge on any atom is 0.233 e. The number of hydrogen-bond donors (Lipinski definition) is 0. The van der Waals surface area contributed by atoms with Gasteiger partial charge in [0.05, 0.1) is 11.8 Å². The van der Waals surface area contributed by atoms with Crippen molar-refractivity contribution >= 4 is 17.7 Å². The van der Waals surface area contributed by atoms with Gasteiger partial charge in [0, 0.05) is 12.7 Å². The fourth-order valence-electron chi connectivity index (χ4n) is 2.72. The SMILES string of the molecule is Cc1ccc(C(C)N(C)C(=O)CSc2nncn2-c2ccc(C)cc2)cc1. The highest BCUT2D eigenvalue weighted by Gasteiger charge is 2.18. The van der Waals surface area contributed by atoms with E-state index in [-0.39, 0.29) is 11.9 Å². The van der Waals surface area contributed by atoms with E-state index in [1.54, 1.807) is 11.2 Å². The molecule has 0 bridgehead atoms. The lowest BCUT2D eigenvalue weighted by Crippen LogP contribution is -2.31. The largest absolute Gasteiger partial charge is 0.338 e. The summed E-state index contributed by atoms with van der Waals surface area (Å²) in [4.78, 5) is 14.4. The maximum atomic E-state index is 12.7.